The largest absolute Gasteiger partial charge is 0.506 e. The van der Waals surface area contributed by atoms with Gasteiger partial charge < -0.3 is 14.7 Å². The van der Waals surface area contributed by atoms with Crippen molar-refractivity contribution in [2.45, 2.75) is 24.9 Å². The number of phenolic OH excluding ortho intramolecular Hbond substituents is 1. The van der Waals surface area contributed by atoms with Crippen LogP contribution in [0.1, 0.15) is 23.5 Å². The number of rotatable bonds is 1. The highest BCUT2D eigenvalue weighted by Crippen LogP contribution is 2.37. The average molecular weight is 280 g/mol. The summed E-state index contributed by atoms with van der Waals surface area (Å²) in [7, 11) is 2.13. The molecule has 2 atom stereocenters. The number of hydrogen-bond donors (Lipinski definition) is 1. The summed E-state index contributed by atoms with van der Waals surface area (Å²) in [5.41, 5.74) is 2.41. The zero-order chi connectivity index (χ0) is 13.4. The average Bonchev–Trinajstić information content (AvgIpc) is 2.86. The van der Waals surface area contributed by atoms with E-state index in [1.807, 2.05) is 12.1 Å². The van der Waals surface area contributed by atoms with Gasteiger partial charge in [-0.15, -0.1) is 0 Å². The maximum absolute atomic E-state index is 9.89. The lowest BCUT2D eigenvalue weighted by atomic mass is 9.88. The fraction of sp³-hybridized carbons (Fsp3) is 0.467. The van der Waals surface area contributed by atoms with Gasteiger partial charge in [0.1, 0.15) is 11.9 Å². The Labute approximate surface area is 118 Å². The molecule has 0 saturated carbocycles. The summed E-state index contributed by atoms with van der Waals surface area (Å²) >= 11 is 6.04. The molecule has 0 spiro atoms. The summed E-state index contributed by atoms with van der Waals surface area (Å²) < 4.78 is 5.70. The lowest BCUT2D eigenvalue weighted by Crippen LogP contribution is -2.30. The first-order chi connectivity index (χ1) is 9.15. The van der Waals surface area contributed by atoms with Crippen molar-refractivity contribution in [2.75, 3.05) is 20.1 Å². The molecule has 102 valence electrons. The topological polar surface area (TPSA) is 32.7 Å². The Hall–Kier alpha value is -1.19. The van der Waals surface area contributed by atoms with Crippen LogP contribution in [0.15, 0.2) is 24.5 Å². The van der Waals surface area contributed by atoms with E-state index in [9.17, 15) is 5.11 Å². The lowest BCUT2D eigenvalue weighted by molar-refractivity contribution is 0.125. The van der Waals surface area contributed by atoms with E-state index in [0.29, 0.717) is 5.02 Å². The molecule has 0 amide bonds. The number of ether oxygens (including phenoxy) is 1. The van der Waals surface area contributed by atoms with Gasteiger partial charge in [-0.05, 0) is 42.8 Å². The SMILES string of the molecule is CN1CCc2cc(Cl)c(O)cc2C(C2CC=CO2)C1. The van der Waals surface area contributed by atoms with E-state index in [1.165, 1.54) is 11.1 Å². The van der Waals surface area contributed by atoms with Crippen LogP contribution < -0.4 is 0 Å². The molecule has 1 aromatic carbocycles. The van der Waals surface area contributed by atoms with E-state index >= 15 is 0 Å². The van der Waals surface area contributed by atoms with Crippen LogP contribution in [0.4, 0.5) is 0 Å². The second-order valence-corrected chi connectivity index (χ2v) is 5.81. The molecule has 2 aliphatic heterocycles. The van der Waals surface area contributed by atoms with Gasteiger partial charge in [-0.2, -0.15) is 0 Å². The van der Waals surface area contributed by atoms with Gasteiger partial charge in [-0.1, -0.05) is 11.6 Å². The molecule has 3 rings (SSSR count). The Morgan fingerprint density at radius 3 is 3.00 bits per heavy atom. The highest BCUT2D eigenvalue weighted by Gasteiger charge is 2.31. The summed E-state index contributed by atoms with van der Waals surface area (Å²) in [4.78, 5) is 2.32. The third-order valence-corrected chi connectivity index (χ3v) is 4.35. The first-order valence-electron chi connectivity index (χ1n) is 6.65. The van der Waals surface area contributed by atoms with E-state index in [1.54, 1.807) is 6.26 Å². The van der Waals surface area contributed by atoms with Crippen LogP contribution >= 0.6 is 11.6 Å². The maximum atomic E-state index is 9.89. The Bertz CT molecular complexity index is 507. The van der Waals surface area contributed by atoms with Crippen molar-refractivity contribution in [1.29, 1.82) is 0 Å². The second kappa shape index (κ2) is 5.06. The van der Waals surface area contributed by atoms with E-state index in [-0.39, 0.29) is 17.8 Å². The predicted molar refractivity (Wildman–Crippen MR) is 75.7 cm³/mol. The molecule has 3 nitrogen and oxygen atoms in total. The third kappa shape index (κ3) is 2.45. The van der Waals surface area contributed by atoms with E-state index in [4.69, 9.17) is 16.3 Å². The van der Waals surface area contributed by atoms with Crippen molar-refractivity contribution in [2.24, 2.45) is 0 Å². The predicted octanol–water partition coefficient (Wildman–Crippen LogP) is 2.92. The van der Waals surface area contributed by atoms with Crippen molar-refractivity contribution in [1.82, 2.24) is 4.90 Å². The monoisotopic (exact) mass is 279 g/mol. The van der Waals surface area contributed by atoms with Gasteiger partial charge in [0.05, 0.1) is 11.3 Å². The number of likely N-dealkylation sites (N-methyl/N-ethyl adjacent to an activating group) is 1. The first-order valence-corrected chi connectivity index (χ1v) is 7.03. The summed E-state index contributed by atoms with van der Waals surface area (Å²) in [5.74, 6) is 0.446. The van der Waals surface area contributed by atoms with Crippen LogP contribution in [-0.2, 0) is 11.2 Å². The molecule has 1 N–H and O–H groups in total. The smallest absolute Gasteiger partial charge is 0.134 e. The van der Waals surface area contributed by atoms with Crippen molar-refractivity contribution >= 4 is 11.6 Å². The quantitative estimate of drug-likeness (QED) is 0.858. The molecular formula is C15H18ClNO2. The standard InChI is InChI=1S/C15H18ClNO2/c1-17-5-4-10-7-13(16)14(18)8-11(10)12(9-17)15-3-2-6-19-15/h2,6-8,12,15,18H,3-5,9H2,1H3. The highest BCUT2D eigenvalue weighted by molar-refractivity contribution is 6.32. The fourth-order valence-electron chi connectivity index (χ4n) is 3.00. The minimum Gasteiger partial charge on any atom is -0.506 e. The molecule has 2 aliphatic rings. The van der Waals surface area contributed by atoms with Gasteiger partial charge in [0.15, 0.2) is 0 Å². The van der Waals surface area contributed by atoms with E-state index < -0.39 is 0 Å². The fourth-order valence-corrected chi connectivity index (χ4v) is 3.18. The Balaban J connectivity index is 2.01. The maximum Gasteiger partial charge on any atom is 0.134 e. The second-order valence-electron chi connectivity index (χ2n) is 5.40. The van der Waals surface area contributed by atoms with Gasteiger partial charge in [-0.3, -0.25) is 0 Å². The molecule has 0 aliphatic carbocycles. The number of halogens is 1. The Morgan fingerprint density at radius 1 is 1.42 bits per heavy atom. The molecule has 2 unspecified atom stereocenters. The number of phenols is 1. The van der Waals surface area contributed by atoms with Crippen molar-refractivity contribution in [3.8, 4) is 5.75 Å². The van der Waals surface area contributed by atoms with Crippen LogP contribution in [-0.4, -0.2) is 36.2 Å². The molecule has 0 saturated heterocycles. The van der Waals surface area contributed by atoms with Crippen molar-refractivity contribution < 1.29 is 9.84 Å². The van der Waals surface area contributed by atoms with Gasteiger partial charge >= 0.3 is 0 Å². The van der Waals surface area contributed by atoms with E-state index in [2.05, 4.69) is 18.0 Å². The highest BCUT2D eigenvalue weighted by atomic mass is 35.5. The van der Waals surface area contributed by atoms with Gasteiger partial charge in [-0.25, -0.2) is 0 Å². The molecule has 4 heteroatoms. The molecular weight excluding hydrogens is 262 g/mol. The minimum atomic E-state index is 0.167. The first kappa shape index (κ1) is 12.8. The Kier molecular flexibility index (Phi) is 3.42. The van der Waals surface area contributed by atoms with Crippen LogP contribution in [0, 0.1) is 0 Å². The van der Waals surface area contributed by atoms with Crippen LogP contribution in [0.5, 0.6) is 5.75 Å². The number of aromatic hydroxyl groups is 1. The summed E-state index contributed by atoms with van der Waals surface area (Å²) in [5, 5.41) is 10.3. The van der Waals surface area contributed by atoms with Gasteiger partial charge in [0.25, 0.3) is 0 Å². The number of hydrogen-bond acceptors (Lipinski definition) is 3. The number of benzene rings is 1. The molecule has 2 heterocycles. The van der Waals surface area contributed by atoms with Crippen LogP contribution in [0.25, 0.3) is 0 Å². The van der Waals surface area contributed by atoms with Crippen molar-refractivity contribution in [3.63, 3.8) is 0 Å². The normalized spacial score (nSPS) is 26.8. The molecule has 1 aromatic rings. The number of fused-ring (bicyclic) bond motifs is 1. The summed E-state index contributed by atoms with van der Waals surface area (Å²) in [6.07, 6.45) is 5.90. The number of nitrogens with zero attached hydrogens (tertiary/aromatic N) is 1. The molecule has 19 heavy (non-hydrogen) atoms. The summed E-state index contributed by atoms with van der Waals surface area (Å²) in [6, 6.07) is 3.73. The van der Waals surface area contributed by atoms with Crippen molar-refractivity contribution in [3.05, 3.63) is 40.6 Å². The lowest BCUT2D eigenvalue weighted by Gasteiger charge is -2.26. The van der Waals surface area contributed by atoms with Crippen LogP contribution in [0.2, 0.25) is 5.02 Å². The molecule has 0 radical (unpaired) electrons. The molecule has 0 fully saturated rings. The Morgan fingerprint density at radius 2 is 2.26 bits per heavy atom. The third-order valence-electron chi connectivity index (χ3n) is 4.05. The van der Waals surface area contributed by atoms with Crippen LogP contribution in [0.3, 0.4) is 0 Å². The van der Waals surface area contributed by atoms with E-state index in [0.717, 1.165) is 25.9 Å². The van der Waals surface area contributed by atoms with Gasteiger partial charge in [0.2, 0.25) is 0 Å². The zero-order valence-electron chi connectivity index (χ0n) is 11.0. The summed E-state index contributed by atoms with van der Waals surface area (Å²) in [6.45, 7) is 1.95. The molecule has 0 bridgehead atoms. The minimum absolute atomic E-state index is 0.167. The van der Waals surface area contributed by atoms with Gasteiger partial charge in [0, 0.05) is 25.4 Å². The molecule has 0 aromatic heterocycles. The zero-order valence-corrected chi connectivity index (χ0v) is 11.7.